The molecule has 0 heterocycles. The average Bonchev–Trinajstić information content (AvgIpc) is 2.19. The molecule has 0 saturated carbocycles. The van der Waals surface area contributed by atoms with E-state index in [4.69, 9.17) is 4.74 Å². The first kappa shape index (κ1) is 10.8. The van der Waals surface area contributed by atoms with Crippen LogP contribution in [0.3, 0.4) is 0 Å². The largest absolute Gasteiger partial charge is 0.501 e. The van der Waals surface area contributed by atoms with Crippen LogP contribution >= 0.6 is 0 Å². The highest BCUT2D eigenvalue weighted by Gasteiger charge is 2.05. The van der Waals surface area contributed by atoms with E-state index in [9.17, 15) is 4.79 Å². The third-order valence-electron chi connectivity index (χ3n) is 2.23. The molecule has 78 valence electrons. The van der Waals surface area contributed by atoms with Gasteiger partial charge >= 0.3 is 0 Å². The number of allylic oxidation sites excluding steroid dienone is 3. The van der Waals surface area contributed by atoms with Gasteiger partial charge < -0.3 is 10.1 Å². The van der Waals surface area contributed by atoms with Gasteiger partial charge in [0.05, 0.1) is 12.9 Å². The number of carbonyl (C=O) groups excluding carboxylic acids is 1. The summed E-state index contributed by atoms with van der Waals surface area (Å²) in [5.41, 5.74) is 1.04. The second-order valence-electron chi connectivity index (χ2n) is 3.42. The van der Waals surface area contributed by atoms with Gasteiger partial charge in [0, 0.05) is 11.8 Å². The number of ether oxygens (including phenoxy) is 1. The first-order chi connectivity index (χ1) is 6.72. The number of amides is 1. The summed E-state index contributed by atoms with van der Waals surface area (Å²) in [5, 5.41) is 2.85. The minimum Gasteiger partial charge on any atom is -0.501 e. The predicted octanol–water partition coefficient (Wildman–Crippen LogP) is 2.11. The van der Waals surface area contributed by atoms with Gasteiger partial charge in [-0.2, -0.15) is 0 Å². The summed E-state index contributed by atoms with van der Waals surface area (Å²) in [4.78, 5) is 11.4. The van der Waals surface area contributed by atoms with E-state index in [1.54, 1.807) is 14.0 Å². The van der Waals surface area contributed by atoms with Crippen molar-refractivity contribution in [3.63, 3.8) is 0 Å². The number of nitrogens with one attached hydrogen (secondary N) is 1. The molecule has 1 aliphatic rings. The first-order valence-electron chi connectivity index (χ1n) is 4.94. The van der Waals surface area contributed by atoms with Crippen molar-refractivity contribution in [1.82, 2.24) is 5.32 Å². The van der Waals surface area contributed by atoms with Crippen molar-refractivity contribution in [1.29, 1.82) is 0 Å². The molecule has 1 rings (SSSR count). The van der Waals surface area contributed by atoms with Crippen molar-refractivity contribution in [2.24, 2.45) is 0 Å². The summed E-state index contributed by atoms with van der Waals surface area (Å²) in [6.07, 6.45) is 8.01. The molecule has 1 amide bonds. The quantitative estimate of drug-likeness (QED) is 0.553. The van der Waals surface area contributed by atoms with Crippen molar-refractivity contribution in [2.45, 2.75) is 32.6 Å². The molecule has 0 unspecified atom stereocenters. The SMILES string of the molecule is COC(C)=CC(=O)NC1=CCCCC1. The lowest BCUT2D eigenvalue weighted by atomic mass is 10.0. The van der Waals surface area contributed by atoms with Crippen LogP contribution in [-0.2, 0) is 9.53 Å². The van der Waals surface area contributed by atoms with Crippen molar-refractivity contribution >= 4 is 5.91 Å². The second kappa shape index (κ2) is 5.47. The maximum absolute atomic E-state index is 11.4. The maximum Gasteiger partial charge on any atom is 0.251 e. The van der Waals surface area contributed by atoms with E-state index in [1.807, 2.05) is 0 Å². The van der Waals surface area contributed by atoms with E-state index in [1.165, 1.54) is 18.9 Å². The molecule has 0 aromatic heterocycles. The molecular weight excluding hydrogens is 178 g/mol. The Morgan fingerprint density at radius 2 is 2.36 bits per heavy atom. The van der Waals surface area contributed by atoms with Crippen LogP contribution in [0.2, 0.25) is 0 Å². The zero-order valence-corrected chi connectivity index (χ0v) is 8.80. The van der Waals surface area contributed by atoms with Crippen LogP contribution in [0.5, 0.6) is 0 Å². The number of carbonyl (C=O) groups is 1. The zero-order valence-electron chi connectivity index (χ0n) is 8.80. The molecule has 1 N–H and O–H groups in total. The van der Waals surface area contributed by atoms with Crippen LogP contribution < -0.4 is 5.32 Å². The summed E-state index contributed by atoms with van der Waals surface area (Å²) in [7, 11) is 1.55. The van der Waals surface area contributed by atoms with Gasteiger partial charge in [-0.05, 0) is 32.6 Å². The molecular formula is C11H17NO2. The third kappa shape index (κ3) is 3.64. The lowest BCUT2D eigenvalue weighted by Gasteiger charge is -2.12. The van der Waals surface area contributed by atoms with Gasteiger partial charge in [0.1, 0.15) is 0 Å². The van der Waals surface area contributed by atoms with Crippen LogP contribution in [0.4, 0.5) is 0 Å². The van der Waals surface area contributed by atoms with E-state index in [-0.39, 0.29) is 5.91 Å². The van der Waals surface area contributed by atoms with Crippen LogP contribution in [0.25, 0.3) is 0 Å². The number of hydrogen-bond acceptors (Lipinski definition) is 2. The van der Waals surface area contributed by atoms with Crippen LogP contribution in [0.1, 0.15) is 32.6 Å². The van der Waals surface area contributed by atoms with Crippen LogP contribution in [0, 0.1) is 0 Å². The summed E-state index contributed by atoms with van der Waals surface area (Å²) in [6, 6.07) is 0. The highest BCUT2D eigenvalue weighted by atomic mass is 16.5. The molecule has 3 nitrogen and oxygen atoms in total. The Balaban J connectivity index is 2.44. The summed E-state index contributed by atoms with van der Waals surface area (Å²) in [5.74, 6) is 0.524. The monoisotopic (exact) mass is 195 g/mol. The Kier molecular flexibility index (Phi) is 4.23. The fourth-order valence-electron chi connectivity index (χ4n) is 1.39. The maximum atomic E-state index is 11.4. The fraction of sp³-hybridized carbons (Fsp3) is 0.545. The molecule has 1 aliphatic carbocycles. The lowest BCUT2D eigenvalue weighted by molar-refractivity contribution is -0.116. The molecule has 0 saturated heterocycles. The smallest absolute Gasteiger partial charge is 0.251 e. The fourth-order valence-corrected chi connectivity index (χ4v) is 1.39. The highest BCUT2D eigenvalue weighted by molar-refractivity contribution is 5.89. The van der Waals surface area contributed by atoms with Gasteiger partial charge in [0.2, 0.25) is 0 Å². The Bertz CT molecular complexity index is 266. The average molecular weight is 195 g/mol. The molecule has 0 aliphatic heterocycles. The first-order valence-corrected chi connectivity index (χ1v) is 4.94. The minimum atomic E-state index is -0.0995. The molecule has 0 radical (unpaired) electrons. The number of rotatable bonds is 3. The number of methoxy groups -OCH3 is 1. The van der Waals surface area contributed by atoms with Crippen LogP contribution in [-0.4, -0.2) is 13.0 Å². The van der Waals surface area contributed by atoms with Gasteiger partial charge in [-0.1, -0.05) is 6.08 Å². The van der Waals surface area contributed by atoms with E-state index < -0.39 is 0 Å². The molecule has 0 fully saturated rings. The Hall–Kier alpha value is -1.25. The normalized spacial score (nSPS) is 17.3. The second-order valence-corrected chi connectivity index (χ2v) is 3.42. The summed E-state index contributed by atoms with van der Waals surface area (Å²) in [6.45, 7) is 1.76. The molecule has 0 aromatic carbocycles. The van der Waals surface area contributed by atoms with Gasteiger partial charge in [-0.3, -0.25) is 4.79 Å². The van der Waals surface area contributed by atoms with Gasteiger partial charge in [0.25, 0.3) is 5.91 Å². The van der Waals surface area contributed by atoms with Crippen molar-refractivity contribution < 1.29 is 9.53 Å². The summed E-state index contributed by atoms with van der Waals surface area (Å²) >= 11 is 0. The van der Waals surface area contributed by atoms with Gasteiger partial charge in [0.15, 0.2) is 0 Å². The van der Waals surface area contributed by atoms with Gasteiger partial charge in [-0.25, -0.2) is 0 Å². The van der Waals surface area contributed by atoms with E-state index in [0.717, 1.165) is 18.5 Å². The zero-order chi connectivity index (χ0) is 10.4. The molecule has 0 spiro atoms. The third-order valence-corrected chi connectivity index (χ3v) is 2.23. The van der Waals surface area contributed by atoms with Crippen molar-refractivity contribution in [2.75, 3.05) is 7.11 Å². The Labute approximate surface area is 84.8 Å². The molecule has 0 bridgehead atoms. The molecule has 0 aromatic rings. The predicted molar refractivity (Wildman–Crippen MR) is 55.5 cm³/mol. The van der Waals surface area contributed by atoms with Gasteiger partial charge in [-0.15, -0.1) is 0 Å². The van der Waals surface area contributed by atoms with E-state index in [2.05, 4.69) is 11.4 Å². The van der Waals surface area contributed by atoms with Crippen LogP contribution in [0.15, 0.2) is 23.6 Å². The summed E-state index contributed by atoms with van der Waals surface area (Å²) < 4.78 is 4.89. The van der Waals surface area contributed by atoms with Crippen molar-refractivity contribution in [3.05, 3.63) is 23.6 Å². The standard InChI is InChI=1S/C11H17NO2/c1-9(14-2)8-11(13)12-10-6-4-3-5-7-10/h6,8H,3-5,7H2,1-2H3,(H,12,13). The minimum absolute atomic E-state index is 0.0995. The Morgan fingerprint density at radius 3 is 2.93 bits per heavy atom. The van der Waals surface area contributed by atoms with E-state index in [0.29, 0.717) is 5.76 Å². The number of hydrogen-bond donors (Lipinski definition) is 1. The molecule has 0 atom stereocenters. The molecule has 14 heavy (non-hydrogen) atoms. The topological polar surface area (TPSA) is 38.3 Å². The lowest BCUT2D eigenvalue weighted by Crippen LogP contribution is -2.21. The Morgan fingerprint density at radius 1 is 1.57 bits per heavy atom. The highest BCUT2D eigenvalue weighted by Crippen LogP contribution is 2.14. The van der Waals surface area contributed by atoms with Crippen molar-refractivity contribution in [3.8, 4) is 0 Å². The van der Waals surface area contributed by atoms with E-state index >= 15 is 0 Å². The molecule has 3 heteroatoms.